The van der Waals surface area contributed by atoms with Gasteiger partial charge in [0.2, 0.25) is 5.95 Å². The Balaban J connectivity index is 2.07. The fourth-order valence-corrected chi connectivity index (χ4v) is 2.14. The molecule has 0 spiro atoms. The number of benzene rings is 1. The van der Waals surface area contributed by atoms with Crippen molar-refractivity contribution in [3.05, 3.63) is 52.8 Å². The zero-order valence-corrected chi connectivity index (χ0v) is 10.9. The van der Waals surface area contributed by atoms with Crippen LogP contribution in [0.5, 0.6) is 0 Å². The number of carbonyl (C=O) groups excluding carboxylic acids is 2. The number of amides is 2. The van der Waals surface area contributed by atoms with Gasteiger partial charge in [0.1, 0.15) is 0 Å². The summed E-state index contributed by atoms with van der Waals surface area (Å²) in [5.41, 5.74) is 0.677. The van der Waals surface area contributed by atoms with Crippen LogP contribution in [0.25, 0.3) is 0 Å². The third-order valence-electron chi connectivity index (χ3n) is 3.19. The second-order valence-electron chi connectivity index (χ2n) is 4.47. The number of carbonyl (C=O) groups is 3. The molecule has 104 valence electrons. The summed E-state index contributed by atoms with van der Waals surface area (Å²) >= 11 is 0. The molecule has 1 aromatic carbocycles. The smallest absolute Gasteiger partial charge is 0.339 e. The third kappa shape index (κ3) is 1.86. The number of carboxylic acids is 1. The quantitative estimate of drug-likeness (QED) is 0.833. The standard InChI is InChI=1S/C14H9N3O4/c1-7-10(13(20)21)6-15-14(16-7)17-11(18)8-4-2-3-5-9(8)12(17)19/h2-6H,1H3,(H,20,21). The van der Waals surface area contributed by atoms with E-state index in [-0.39, 0.29) is 28.3 Å². The van der Waals surface area contributed by atoms with Gasteiger partial charge < -0.3 is 5.11 Å². The van der Waals surface area contributed by atoms with Crippen molar-refractivity contribution in [1.29, 1.82) is 0 Å². The van der Waals surface area contributed by atoms with Crippen LogP contribution in [0.4, 0.5) is 5.95 Å². The van der Waals surface area contributed by atoms with Gasteiger partial charge in [-0.2, -0.15) is 0 Å². The van der Waals surface area contributed by atoms with Crippen molar-refractivity contribution in [1.82, 2.24) is 9.97 Å². The number of carboxylic acid groups (broad SMARTS) is 1. The highest BCUT2D eigenvalue weighted by Gasteiger charge is 2.38. The average molecular weight is 283 g/mol. The Bertz CT molecular complexity index is 766. The summed E-state index contributed by atoms with van der Waals surface area (Å²) in [6, 6.07) is 6.42. The first-order chi connectivity index (χ1) is 10.0. The van der Waals surface area contributed by atoms with E-state index in [1.807, 2.05) is 0 Å². The van der Waals surface area contributed by atoms with E-state index in [0.29, 0.717) is 0 Å². The maximum Gasteiger partial charge on any atom is 0.339 e. The van der Waals surface area contributed by atoms with Gasteiger partial charge in [0.05, 0.1) is 22.4 Å². The van der Waals surface area contributed by atoms with Gasteiger partial charge in [-0.25, -0.2) is 19.7 Å². The Morgan fingerprint density at radius 2 is 1.71 bits per heavy atom. The molecule has 0 saturated carbocycles. The highest BCUT2D eigenvalue weighted by molar-refractivity contribution is 6.33. The predicted molar refractivity (Wildman–Crippen MR) is 71.3 cm³/mol. The first-order valence-electron chi connectivity index (χ1n) is 6.05. The minimum Gasteiger partial charge on any atom is -0.478 e. The Morgan fingerprint density at radius 1 is 1.14 bits per heavy atom. The topological polar surface area (TPSA) is 100 Å². The van der Waals surface area contributed by atoms with Crippen molar-refractivity contribution in [2.75, 3.05) is 4.90 Å². The van der Waals surface area contributed by atoms with Crippen LogP contribution in [-0.2, 0) is 0 Å². The van der Waals surface area contributed by atoms with E-state index in [1.54, 1.807) is 24.3 Å². The second-order valence-corrected chi connectivity index (χ2v) is 4.47. The molecule has 0 fully saturated rings. The molecule has 0 atom stereocenters. The van der Waals surface area contributed by atoms with Crippen LogP contribution in [0.2, 0.25) is 0 Å². The van der Waals surface area contributed by atoms with Crippen LogP contribution in [0.1, 0.15) is 36.8 Å². The molecule has 1 aromatic heterocycles. The van der Waals surface area contributed by atoms with Gasteiger partial charge in [-0.1, -0.05) is 12.1 Å². The lowest BCUT2D eigenvalue weighted by atomic mass is 10.1. The number of nitrogens with zero attached hydrogens (tertiary/aromatic N) is 3. The van der Waals surface area contributed by atoms with Crippen molar-refractivity contribution < 1.29 is 19.5 Å². The molecular formula is C14H9N3O4. The van der Waals surface area contributed by atoms with Gasteiger partial charge in [0.15, 0.2) is 0 Å². The van der Waals surface area contributed by atoms with E-state index >= 15 is 0 Å². The highest BCUT2D eigenvalue weighted by atomic mass is 16.4. The molecular weight excluding hydrogens is 274 g/mol. The lowest BCUT2D eigenvalue weighted by molar-refractivity contribution is 0.0694. The minimum absolute atomic E-state index is 0.0737. The molecule has 0 radical (unpaired) electrons. The van der Waals surface area contributed by atoms with Crippen molar-refractivity contribution in [3.63, 3.8) is 0 Å². The molecule has 0 aliphatic carbocycles. The number of fused-ring (bicyclic) bond motifs is 1. The maximum atomic E-state index is 12.2. The summed E-state index contributed by atoms with van der Waals surface area (Å²) in [5.74, 6) is -2.32. The molecule has 0 bridgehead atoms. The van der Waals surface area contributed by atoms with Crippen LogP contribution in [0.15, 0.2) is 30.5 Å². The van der Waals surface area contributed by atoms with Crippen molar-refractivity contribution in [3.8, 4) is 0 Å². The Labute approximate surface area is 118 Å². The van der Waals surface area contributed by atoms with Crippen LogP contribution in [0.3, 0.4) is 0 Å². The molecule has 3 rings (SSSR count). The summed E-state index contributed by atoms with van der Waals surface area (Å²) in [6.07, 6.45) is 1.09. The second kappa shape index (κ2) is 4.48. The molecule has 21 heavy (non-hydrogen) atoms. The number of hydrogen-bond acceptors (Lipinski definition) is 5. The van der Waals surface area contributed by atoms with Crippen LogP contribution in [0, 0.1) is 6.92 Å². The molecule has 0 unspecified atom stereocenters. The summed E-state index contributed by atoms with van der Waals surface area (Å²) < 4.78 is 0. The fourth-order valence-electron chi connectivity index (χ4n) is 2.14. The van der Waals surface area contributed by atoms with E-state index in [4.69, 9.17) is 5.11 Å². The summed E-state index contributed by atoms with van der Waals surface area (Å²) in [4.78, 5) is 44.0. The molecule has 1 N–H and O–H groups in total. The summed E-state index contributed by atoms with van der Waals surface area (Å²) in [6.45, 7) is 1.48. The molecule has 2 heterocycles. The molecule has 2 aromatic rings. The molecule has 0 saturated heterocycles. The van der Waals surface area contributed by atoms with Gasteiger partial charge >= 0.3 is 5.97 Å². The predicted octanol–water partition coefficient (Wildman–Crippen LogP) is 1.28. The minimum atomic E-state index is -1.17. The van der Waals surface area contributed by atoms with Crippen LogP contribution >= 0.6 is 0 Å². The molecule has 1 aliphatic heterocycles. The number of hydrogen-bond donors (Lipinski definition) is 1. The molecule has 1 aliphatic rings. The number of aryl methyl sites for hydroxylation is 1. The normalized spacial score (nSPS) is 13.5. The van der Waals surface area contributed by atoms with Crippen LogP contribution in [-0.4, -0.2) is 32.9 Å². The number of anilines is 1. The van der Waals surface area contributed by atoms with Gasteiger partial charge in [-0.15, -0.1) is 0 Å². The van der Waals surface area contributed by atoms with Gasteiger partial charge in [-0.3, -0.25) is 9.59 Å². The number of aromatic nitrogens is 2. The van der Waals surface area contributed by atoms with E-state index in [0.717, 1.165) is 11.1 Å². The Morgan fingerprint density at radius 3 is 2.19 bits per heavy atom. The average Bonchev–Trinajstić information content (AvgIpc) is 2.71. The lowest BCUT2D eigenvalue weighted by Gasteiger charge is -2.12. The van der Waals surface area contributed by atoms with E-state index < -0.39 is 17.8 Å². The SMILES string of the molecule is Cc1nc(N2C(=O)c3ccccc3C2=O)ncc1C(=O)O. The van der Waals surface area contributed by atoms with Gasteiger partial charge in [-0.05, 0) is 19.1 Å². The molecule has 2 amide bonds. The van der Waals surface area contributed by atoms with Crippen molar-refractivity contribution in [2.45, 2.75) is 6.92 Å². The van der Waals surface area contributed by atoms with E-state index in [9.17, 15) is 14.4 Å². The zero-order valence-electron chi connectivity index (χ0n) is 10.9. The van der Waals surface area contributed by atoms with Gasteiger partial charge in [0.25, 0.3) is 11.8 Å². The van der Waals surface area contributed by atoms with Gasteiger partial charge in [0, 0.05) is 6.20 Å². The first kappa shape index (κ1) is 12.9. The summed E-state index contributed by atoms with van der Waals surface area (Å²) in [5, 5.41) is 8.94. The van der Waals surface area contributed by atoms with Crippen molar-refractivity contribution in [2.24, 2.45) is 0 Å². The monoisotopic (exact) mass is 283 g/mol. The highest BCUT2D eigenvalue weighted by Crippen LogP contribution is 2.26. The first-order valence-corrected chi connectivity index (χ1v) is 6.05. The zero-order chi connectivity index (χ0) is 15.1. The number of aromatic carboxylic acids is 1. The molecule has 7 nitrogen and oxygen atoms in total. The van der Waals surface area contributed by atoms with Crippen LogP contribution < -0.4 is 4.90 Å². The Kier molecular flexibility index (Phi) is 2.76. The number of imide groups is 1. The molecule has 7 heteroatoms. The lowest BCUT2D eigenvalue weighted by Crippen LogP contribution is -2.31. The summed E-state index contributed by atoms with van der Waals surface area (Å²) in [7, 11) is 0. The van der Waals surface area contributed by atoms with E-state index in [2.05, 4.69) is 9.97 Å². The van der Waals surface area contributed by atoms with E-state index in [1.165, 1.54) is 6.92 Å². The largest absolute Gasteiger partial charge is 0.478 e. The Hall–Kier alpha value is -3.09. The fraction of sp³-hybridized carbons (Fsp3) is 0.0714. The van der Waals surface area contributed by atoms with Crippen molar-refractivity contribution >= 4 is 23.7 Å². The number of rotatable bonds is 2. The third-order valence-corrected chi connectivity index (χ3v) is 3.19. The maximum absolute atomic E-state index is 12.2.